The maximum atomic E-state index is 11.7. The van der Waals surface area contributed by atoms with Crippen molar-refractivity contribution in [3.63, 3.8) is 0 Å². The Bertz CT molecular complexity index is 658. The molecule has 0 aromatic rings. The van der Waals surface area contributed by atoms with Crippen LogP contribution in [0.1, 0.15) is 226 Å². The third kappa shape index (κ3) is 46.8. The zero-order chi connectivity index (χ0) is 34.0. The first-order chi connectivity index (χ1) is 22.6. The summed E-state index contributed by atoms with van der Waals surface area (Å²) >= 11 is 0. The Labute approximate surface area is 289 Å². The molecule has 0 spiro atoms. The van der Waals surface area contributed by atoms with Gasteiger partial charge in [0.25, 0.3) is 0 Å². The van der Waals surface area contributed by atoms with E-state index in [1.54, 1.807) is 0 Å². The number of allylic oxidation sites excluding steroid dienone is 4. The van der Waals surface area contributed by atoms with Gasteiger partial charge in [-0.1, -0.05) is 186 Å². The van der Waals surface area contributed by atoms with E-state index in [1.165, 1.54) is 167 Å². The van der Waals surface area contributed by atoms with E-state index in [4.69, 9.17) is 5.73 Å². The number of carbonyl (C=O) groups is 2. The lowest BCUT2D eigenvalue weighted by Gasteiger charge is -2.05. The summed E-state index contributed by atoms with van der Waals surface area (Å²) in [5, 5.41) is 3.04. The highest BCUT2D eigenvalue weighted by atomic mass is 16.1. The number of nitrogens with two attached hydrogens (primary N) is 1. The molecule has 0 aromatic heterocycles. The molecule has 0 bridgehead atoms. The van der Waals surface area contributed by atoms with Crippen molar-refractivity contribution in [3.8, 4) is 0 Å². The SMILES string of the molecule is CCCCC/C=C\C/C=C\CCCCCCCC(=O)NCCCCCC.CCCCCCCCCCCCCCCCCC(N)=O. The lowest BCUT2D eigenvalue weighted by Crippen LogP contribution is -2.23. The van der Waals surface area contributed by atoms with Crippen LogP contribution in [0, 0.1) is 0 Å². The number of carbonyl (C=O) groups excluding carboxylic acids is 2. The van der Waals surface area contributed by atoms with Crippen LogP contribution in [-0.2, 0) is 9.59 Å². The number of nitrogens with one attached hydrogen (secondary N) is 1. The summed E-state index contributed by atoms with van der Waals surface area (Å²) in [6.45, 7) is 7.60. The first-order valence-corrected chi connectivity index (χ1v) is 20.4. The molecule has 0 aliphatic heterocycles. The van der Waals surface area contributed by atoms with Crippen LogP contribution in [0.4, 0.5) is 0 Å². The average molecular weight is 647 g/mol. The summed E-state index contributed by atoms with van der Waals surface area (Å²) in [5.74, 6) is 0.0897. The topological polar surface area (TPSA) is 72.2 Å². The van der Waals surface area contributed by atoms with Gasteiger partial charge in [0.05, 0.1) is 0 Å². The number of primary amides is 1. The molecule has 272 valence electrons. The molecule has 0 saturated heterocycles. The summed E-state index contributed by atoms with van der Waals surface area (Å²) in [7, 11) is 0. The Kier molecular flexibility index (Phi) is 43.9. The largest absolute Gasteiger partial charge is 0.370 e. The first kappa shape index (κ1) is 46.5. The predicted molar refractivity (Wildman–Crippen MR) is 205 cm³/mol. The minimum atomic E-state index is -0.153. The molecule has 46 heavy (non-hydrogen) atoms. The van der Waals surface area contributed by atoms with Gasteiger partial charge in [-0.2, -0.15) is 0 Å². The van der Waals surface area contributed by atoms with Crippen molar-refractivity contribution in [2.45, 2.75) is 226 Å². The molecule has 0 rings (SSSR count). The Morgan fingerprint density at radius 1 is 0.435 bits per heavy atom. The van der Waals surface area contributed by atoms with Crippen LogP contribution in [0.3, 0.4) is 0 Å². The summed E-state index contributed by atoms with van der Waals surface area (Å²) in [5.41, 5.74) is 5.11. The summed E-state index contributed by atoms with van der Waals surface area (Å²) in [6, 6.07) is 0. The molecule has 4 heteroatoms. The molecule has 0 fully saturated rings. The molecule has 0 radical (unpaired) electrons. The van der Waals surface area contributed by atoms with Crippen LogP contribution >= 0.6 is 0 Å². The van der Waals surface area contributed by atoms with Crippen LogP contribution in [-0.4, -0.2) is 18.4 Å². The first-order valence-electron chi connectivity index (χ1n) is 20.4. The van der Waals surface area contributed by atoms with Gasteiger partial charge in [0.2, 0.25) is 11.8 Å². The van der Waals surface area contributed by atoms with E-state index in [1.807, 2.05) is 0 Å². The maximum Gasteiger partial charge on any atom is 0.219 e. The van der Waals surface area contributed by atoms with Gasteiger partial charge in [-0.3, -0.25) is 9.59 Å². The van der Waals surface area contributed by atoms with E-state index in [9.17, 15) is 9.59 Å². The lowest BCUT2D eigenvalue weighted by atomic mass is 10.0. The van der Waals surface area contributed by atoms with Crippen molar-refractivity contribution in [3.05, 3.63) is 24.3 Å². The molecule has 0 unspecified atom stereocenters. The molecule has 0 heterocycles. The number of unbranched alkanes of at least 4 members (excludes halogenated alkanes) is 25. The molecule has 0 saturated carbocycles. The number of amides is 2. The van der Waals surface area contributed by atoms with E-state index in [0.717, 1.165) is 32.2 Å². The smallest absolute Gasteiger partial charge is 0.219 e. The fourth-order valence-corrected chi connectivity index (χ4v) is 5.64. The molecule has 0 atom stereocenters. The van der Waals surface area contributed by atoms with Crippen LogP contribution in [0.25, 0.3) is 0 Å². The van der Waals surface area contributed by atoms with E-state index in [0.29, 0.717) is 12.8 Å². The monoisotopic (exact) mass is 647 g/mol. The molecule has 2 amide bonds. The molecule has 0 aliphatic carbocycles. The Hall–Kier alpha value is -1.58. The Morgan fingerprint density at radius 2 is 0.783 bits per heavy atom. The third-order valence-electron chi connectivity index (χ3n) is 8.73. The lowest BCUT2D eigenvalue weighted by molar-refractivity contribution is -0.121. The Balaban J connectivity index is 0. The average Bonchev–Trinajstić information content (AvgIpc) is 3.04. The molecular formula is C42H82N2O2. The number of hydrogen-bond acceptors (Lipinski definition) is 2. The normalized spacial score (nSPS) is 11.3. The van der Waals surface area contributed by atoms with Gasteiger partial charge >= 0.3 is 0 Å². The number of rotatable bonds is 35. The molecule has 0 aromatic carbocycles. The summed E-state index contributed by atoms with van der Waals surface area (Å²) < 4.78 is 0. The third-order valence-corrected chi connectivity index (χ3v) is 8.73. The Morgan fingerprint density at radius 3 is 1.24 bits per heavy atom. The summed E-state index contributed by atoms with van der Waals surface area (Å²) in [4.78, 5) is 22.2. The van der Waals surface area contributed by atoms with Crippen molar-refractivity contribution in [2.75, 3.05) is 6.54 Å². The van der Waals surface area contributed by atoms with Gasteiger partial charge in [0.15, 0.2) is 0 Å². The van der Waals surface area contributed by atoms with Gasteiger partial charge in [-0.25, -0.2) is 0 Å². The molecule has 4 nitrogen and oxygen atoms in total. The molecule has 0 aliphatic rings. The molecular weight excluding hydrogens is 564 g/mol. The maximum absolute atomic E-state index is 11.7. The second kappa shape index (κ2) is 43.4. The van der Waals surface area contributed by atoms with Crippen molar-refractivity contribution < 1.29 is 9.59 Å². The second-order valence-electron chi connectivity index (χ2n) is 13.6. The van der Waals surface area contributed by atoms with Crippen molar-refractivity contribution >= 4 is 11.8 Å². The minimum Gasteiger partial charge on any atom is -0.370 e. The van der Waals surface area contributed by atoms with Gasteiger partial charge in [0.1, 0.15) is 0 Å². The number of hydrogen-bond donors (Lipinski definition) is 2. The van der Waals surface area contributed by atoms with E-state index in [-0.39, 0.29) is 11.8 Å². The highest BCUT2D eigenvalue weighted by Crippen LogP contribution is 2.14. The standard InChI is InChI=1S/C24H45NO.C18H37NO/c1-3-5-7-9-10-11-12-13-14-15-16-17-18-19-20-22-24(26)25-23-21-8-6-4-2;1-2-3-4-5-6-7-8-9-10-11-12-13-14-15-16-17-18(19)20/h10-11,13-14H,3-9,12,15-23H2,1-2H3,(H,25,26);2-17H2,1H3,(H2,19,20)/b11-10-,14-13-;. The van der Waals surface area contributed by atoms with Crippen molar-refractivity contribution in [1.29, 1.82) is 0 Å². The van der Waals surface area contributed by atoms with Crippen LogP contribution in [0.2, 0.25) is 0 Å². The zero-order valence-electron chi connectivity index (χ0n) is 31.5. The quantitative estimate of drug-likeness (QED) is 0.0531. The van der Waals surface area contributed by atoms with Gasteiger partial charge in [0, 0.05) is 19.4 Å². The molecule has 3 N–H and O–H groups in total. The van der Waals surface area contributed by atoms with Gasteiger partial charge in [-0.15, -0.1) is 0 Å². The van der Waals surface area contributed by atoms with Gasteiger partial charge in [-0.05, 0) is 51.4 Å². The van der Waals surface area contributed by atoms with Crippen LogP contribution < -0.4 is 11.1 Å². The fourth-order valence-electron chi connectivity index (χ4n) is 5.64. The van der Waals surface area contributed by atoms with Gasteiger partial charge < -0.3 is 11.1 Å². The highest BCUT2D eigenvalue weighted by Gasteiger charge is 2.00. The second-order valence-corrected chi connectivity index (χ2v) is 13.6. The highest BCUT2D eigenvalue weighted by molar-refractivity contribution is 5.75. The van der Waals surface area contributed by atoms with E-state index < -0.39 is 0 Å². The van der Waals surface area contributed by atoms with Crippen molar-refractivity contribution in [2.24, 2.45) is 5.73 Å². The minimum absolute atomic E-state index is 0.153. The van der Waals surface area contributed by atoms with Crippen LogP contribution in [0.5, 0.6) is 0 Å². The predicted octanol–water partition coefficient (Wildman–Crippen LogP) is 13.2. The van der Waals surface area contributed by atoms with E-state index >= 15 is 0 Å². The fraction of sp³-hybridized carbons (Fsp3) is 0.857. The zero-order valence-corrected chi connectivity index (χ0v) is 31.5. The van der Waals surface area contributed by atoms with E-state index in [2.05, 4.69) is 50.4 Å². The van der Waals surface area contributed by atoms with Crippen LogP contribution in [0.15, 0.2) is 24.3 Å². The summed E-state index contributed by atoms with van der Waals surface area (Å²) in [6.07, 6.45) is 49.3. The van der Waals surface area contributed by atoms with Crippen molar-refractivity contribution in [1.82, 2.24) is 5.32 Å².